The van der Waals surface area contributed by atoms with E-state index in [2.05, 4.69) is 55.6 Å². The van der Waals surface area contributed by atoms with Gasteiger partial charge in [-0.25, -0.2) is 0 Å². The van der Waals surface area contributed by atoms with E-state index in [1.54, 1.807) is 0 Å². The topological polar surface area (TPSA) is 189 Å². The molecule has 9 unspecified atom stereocenters. The number of aliphatic hydroxyl groups excluding tert-OH is 7. The summed E-state index contributed by atoms with van der Waals surface area (Å²) >= 11 is 0. The average Bonchev–Trinajstić information content (AvgIpc) is 3.40. The molecule has 11 nitrogen and oxygen atoms in total. The lowest BCUT2D eigenvalue weighted by Gasteiger charge is -2.40. The van der Waals surface area contributed by atoms with Crippen molar-refractivity contribution in [2.45, 2.75) is 345 Å². The molecule has 0 aromatic carbocycles. The number of amides is 1. The summed E-state index contributed by atoms with van der Waals surface area (Å²) in [7, 11) is 0. The minimum absolute atomic E-state index is 0.247. The van der Waals surface area contributed by atoms with Crippen LogP contribution >= 0.6 is 0 Å². The van der Waals surface area contributed by atoms with Gasteiger partial charge in [0.05, 0.1) is 25.4 Å². The van der Waals surface area contributed by atoms with E-state index in [1.165, 1.54) is 205 Å². The summed E-state index contributed by atoms with van der Waals surface area (Å²) in [6.07, 6.45) is 53.6. The number of unbranched alkanes of at least 4 members (excludes halogenated alkanes) is 36. The summed E-state index contributed by atoms with van der Waals surface area (Å²) in [6, 6.07) is -1.19. The van der Waals surface area contributed by atoms with Crippen LogP contribution in [0.1, 0.15) is 290 Å². The van der Waals surface area contributed by atoms with Crippen LogP contribution in [-0.2, 0) is 14.3 Å². The first-order valence-corrected chi connectivity index (χ1v) is 31.4. The first-order valence-electron chi connectivity index (χ1n) is 31.4. The van der Waals surface area contributed by atoms with Gasteiger partial charge < -0.3 is 50.5 Å². The quantitative estimate of drug-likeness (QED) is 0.0215. The zero-order valence-electron chi connectivity index (χ0n) is 47.8. The molecule has 0 saturated carbocycles. The maximum atomic E-state index is 13.2. The highest BCUT2D eigenvalue weighted by atomic mass is 16.7. The van der Waals surface area contributed by atoms with E-state index in [4.69, 9.17) is 9.47 Å². The molecule has 0 spiro atoms. The second-order valence-corrected chi connectivity index (χ2v) is 22.1. The van der Waals surface area contributed by atoms with Gasteiger partial charge in [0.1, 0.15) is 36.6 Å². The fourth-order valence-corrected chi connectivity index (χ4v) is 10.0. The van der Waals surface area contributed by atoms with Crippen molar-refractivity contribution < 1.29 is 50.0 Å². The number of allylic oxidation sites excluding steroid dienone is 6. The van der Waals surface area contributed by atoms with Crippen LogP contribution in [0.5, 0.6) is 0 Å². The molecule has 1 fully saturated rings. The molecule has 9 atom stereocenters. The van der Waals surface area contributed by atoms with Gasteiger partial charge >= 0.3 is 0 Å². The molecule has 0 aromatic rings. The van der Waals surface area contributed by atoms with Crippen molar-refractivity contribution in [1.82, 2.24) is 5.32 Å². The Kier molecular flexibility index (Phi) is 49.5. The second kappa shape index (κ2) is 52.1. The largest absolute Gasteiger partial charge is 0.394 e. The van der Waals surface area contributed by atoms with Crippen molar-refractivity contribution in [2.24, 2.45) is 0 Å². The number of ether oxygens (including phenoxy) is 2. The predicted octanol–water partition coefficient (Wildman–Crippen LogP) is 13.9. The summed E-state index contributed by atoms with van der Waals surface area (Å²) < 4.78 is 11.1. The van der Waals surface area contributed by atoms with E-state index in [0.717, 1.165) is 38.5 Å². The highest BCUT2D eigenvalue weighted by molar-refractivity contribution is 5.80. The minimum Gasteiger partial charge on any atom is -0.394 e. The Morgan fingerprint density at radius 2 is 0.811 bits per heavy atom. The Morgan fingerprint density at radius 1 is 0.459 bits per heavy atom. The molecule has 0 radical (unpaired) electrons. The molecule has 0 aliphatic carbocycles. The third-order valence-electron chi connectivity index (χ3n) is 15.1. The Balaban J connectivity index is 2.26. The molecular formula is C63H119NO10. The van der Waals surface area contributed by atoms with Gasteiger partial charge in [-0.3, -0.25) is 4.79 Å². The zero-order valence-corrected chi connectivity index (χ0v) is 47.8. The minimum atomic E-state index is -1.67. The fraction of sp³-hybridized carbons (Fsp3) is 0.889. The Bertz CT molecular complexity index is 1300. The number of carbonyl (C=O) groups is 1. The lowest BCUT2D eigenvalue weighted by atomic mass is 9.98. The van der Waals surface area contributed by atoms with Gasteiger partial charge in [0, 0.05) is 0 Å². The molecule has 1 rings (SSSR count). The molecule has 1 aliphatic heterocycles. The zero-order chi connectivity index (χ0) is 54.0. The van der Waals surface area contributed by atoms with Crippen LogP contribution in [0, 0.1) is 0 Å². The predicted molar refractivity (Wildman–Crippen MR) is 307 cm³/mol. The Morgan fingerprint density at radius 3 is 1.20 bits per heavy atom. The van der Waals surface area contributed by atoms with Crippen LogP contribution in [0.15, 0.2) is 36.5 Å². The molecule has 0 bridgehead atoms. The molecule has 1 saturated heterocycles. The van der Waals surface area contributed by atoms with Gasteiger partial charge in [-0.1, -0.05) is 249 Å². The molecule has 1 aliphatic rings. The van der Waals surface area contributed by atoms with Crippen molar-refractivity contribution in [2.75, 3.05) is 13.2 Å². The van der Waals surface area contributed by atoms with E-state index >= 15 is 0 Å². The average molecular weight is 1050 g/mol. The standard InChI is InChI=1S/C63H119NO10/c1-3-5-7-9-11-13-15-17-19-21-23-24-25-26-27-28-29-30-31-32-33-35-37-39-41-43-45-47-49-51-56(67)62(72)64-54(53-73-63-61(71)60(70)59(69)57(52-65)74-63)58(68)55(66)50-48-46-44-42-40-38-36-34-22-20-18-16-14-12-10-8-6-4-2/h26-27,34,36,42,44,54-61,63,65-71H,3-25,28-33,35,37-41,43,45-53H2,1-2H3,(H,64,72)/b27-26-,36-34+,44-42+. The maximum absolute atomic E-state index is 13.2. The molecule has 1 amide bonds. The highest BCUT2D eigenvalue weighted by Gasteiger charge is 2.44. The number of aliphatic hydroxyl groups is 7. The molecule has 1 heterocycles. The summed E-state index contributed by atoms with van der Waals surface area (Å²) in [5.41, 5.74) is 0. The van der Waals surface area contributed by atoms with Gasteiger partial charge in [0.25, 0.3) is 0 Å². The smallest absolute Gasteiger partial charge is 0.249 e. The van der Waals surface area contributed by atoms with E-state index in [9.17, 15) is 40.5 Å². The van der Waals surface area contributed by atoms with Gasteiger partial charge in [-0.15, -0.1) is 0 Å². The van der Waals surface area contributed by atoms with E-state index in [0.29, 0.717) is 19.3 Å². The first kappa shape index (κ1) is 70.3. The summed E-state index contributed by atoms with van der Waals surface area (Å²) in [6.45, 7) is 3.46. The Hall–Kier alpha value is -1.67. The first-order chi connectivity index (χ1) is 36.2. The fourth-order valence-electron chi connectivity index (χ4n) is 10.0. The monoisotopic (exact) mass is 1050 g/mol. The summed E-state index contributed by atoms with van der Waals surface area (Å²) in [5, 5.41) is 76.2. The third-order valence-corrected chi connectivity index (χ3v) is 15.1. The van der Waals surface area contributed by atoms with E-state index in [1.807, 2.05) is 0 Å². The molecule has 11 heteroatoms. The lowest BCUT2D eigenvalue weighted by Crippen LogP contribution is -2.60. The number of nitrogens with one attached hydrogen (secondary N) is 1. The van der Waals surface area contributed by atoms with E-state index in [-0.39, 0.29) is 12.8 Å². The summed E-state index contributed by atoms with van der Waals surface area (Å²) in [5.74, 6) is -0.708. The van der Waals surface area contributed by atoms with Crippen LogP contribution in [0.3, 0.4) is 0 Å². The number of hydrogen-bond acceptors (Lipinski definition) is 10. The molecular weight excluding hydrogens is 931 g/mol. The van der Waals surface area contributed by atoms with Crippen LogP contribution in [0.25, 0.3) is 0 Å². The SMILES string of the molecule is CCCCCCCCCCC/C=C/CC/C=C/CCCC(O)C(O)C(COC1OC(CO)C(O)C(O)C1O)NC(=O)C(O)CCCCCCCCCCCCCCC/C=C\CCCCCCCCCCCCCC. The Labute approximate surface area is 454 Å². The van der Waals surface area contributed by atoms with Crippen molar-refractivity contribution >= 4 is 5.91 Å². The molecule has 0 aromatic heterocycles. The van der Waals surface area contributed by atoms with Gasteiger partial charge in [0.15, 0.2) is 6.29 Å². The molecule has 8 N–H and O–H groups in total. The normalized spacial score (nSPS) is 20.0. The maximum Gasteiger partial charge on any atom is 0.249 e. The number of rotatable bonds is 54. The van der Waals surface area contributed by atoms with Crippen molar-refractivity contribution in [3.8, 4) is 0 Å². The van der Waals surface area contributed by atoms with Gasteiger partial charge in [-0.2, -0.15) is 0 Å². The van der Waals surface area contributed by atoms with Crippen molar-refractivity contribution in [3.05, 3.63) is 36.5 Å². The van der Waals surface area contributed by atoms with Crippen LogP contribution in [-0.4, -0.2) is 110 Å². The molecule has 436 valence electrons. The third kappa shape index (κ3) is 39.7. The molecule has 74 heavy (non-hydrogen) atoms. The van der Waals surface area contributed by atoms with Crippen molar-refractivity contribution in [3.63, 3.8) is 0 Å². The second-order valence-electron chi connectivity index (χ2n) is 22.1. The highest BCUT2D eigenvalue weighted by Crippen LogP contribution is 2.23. The number of hydrogen-bond donors (Lipinski definition) is 8. The lowest BCUT2D eigenvalue weighted by molar-refractivity contribution is -0.303. The summed E-state index contributed by atoms with van der Waals surface area (Å²) in [4.78, 5) is 13.2. The van der Waals surface area contributed by atoms with Gasteiger partial charge in [0.2, 0.25) is 5.91 Å². The van der Waals surface area contributed by atoms with Crippen LogP contribution in [0.4, 0.5) is 0 Å². The number of carbonyl (C=O) groups excluding carboxylic acids is 1. The van der Waals surface area contributed by atoms with Crippen molar-refractivity contribution in [1.29, 1.82) is 0 Å². The van der Waals surface area contributed by atoms with Gasteiger partial charge in [-0.05, 0) is 77.0 Å². The van der Waals surface area contributed by atoms with E-state index < -0.39 is 74.2 Å². The van der Waals surface area contributed by atoms with Crippen LogP contribution < -0.4 is 5.32 Å². The van der Waals surface area contributed by atoms with Crippen LogP contribution in [0.2, 0.25) is 0 Å².